The summed E-state index contributed by atoms with van der Waals surface area (Å²) >= 11 is 0. The molecule has 0 aliphatic carbocycles. The first-order chi connectivity index (χ1) is 17.0. The third-order valence-corrected chi connectivity index (χ3v) is 6.90. The number of nitrogens with two attached hydrogens (primary N) is 1. The van der Waals surface area contributed by atoms with Crippen LogP contribution in [0.1, 0.15) is 5.56 Å². The van der Waals surface area contributed by atoms with Crippen molar-refractivity contribution in [1.29, 1.82) is 0 Å². The van der Waals surface area contributed by atoms with Gasteiger partial charge in [-0.25, -0.2) is 18.5 Å². The van der Waals surface area contributed by atoms with Gasteiger partial charge in [0.2, 0.25) is 10.0 Å². The van der Waals surface area contributed by atoms with E-state index in [1.807, 2.05) is 66.7 Å². The van der Waals surface area contributed by atoms with Crippen LogP contribution in [0, 0.1) is 0 Å². The minimum absolute atomic E-state index is 0.116. The van der Waals surface area contributed by atoms with Crippen LogP contribution in [0.2, 0.25) is 0 Å². The van der Waals surface area contributed by atoms with Crippen LogP contribution in [0.5, 0.6) is 0 Å². The molecule has 5 aromatic rings. The summed E-state index contributed by atoms with van der Waals surface area (Å²) in [6.07, 6.45) is 0.704. The maximum Gasteiger partial charge on any atom is 0.238 e. The van der Waals surface area contributed by atoms with Crippen LogP contribution in [0.15, 0.2) is 120 Å². The third kappa shape index (κ3) is 4.94. The zero-order valence-electron chi connectivity index (χ0n) is 19.1. The molecule has 1 heterocycles. The molecule has 6 heteroatoms. The van der Waals surface area contributed by atoms with Gasteiger partial charge in [0.15, 0.2) is 0 Å². The SMILES string of the molecule is NS(=O)(=O)c1ccc(CCn2c(-c3ccccc3)nc(-c3ccccc3)c2-c2ccccc2)cc1. The van der Waals surface area contributed by atoms with E-state index in [-0.39, 0.29) is 4.90 Å². The number of nitrogens with zero attached hydrogens (tertiary/aromatic N) is 2. The van der Waals surface area contributed by atoms with Gasteiger partial charge < -0.3 is 4.57 Å². The van der Waals surface area contributed by atoms with Crippen LogP contribution in [-0.2, 0) is 23.0 Å². The average Bonchev–Trinajstić information content (AvgIpc) is 3.28. The van der Waals surface area contributed by atoms with E-state index in [9.17, 15) is 8.42 Å². The fraction of sp³-hybridized carbons (Fsp3) is 0.0690. The summed E-state index contributed by atoms with van der Waals surface area (Å²) in [4.78, 5) is 5.27. The Morgan fingerprint density at radius 1 is 0.657 bits per heavy atom. The minimum Gasteiger partial charge on any atom is -0.323 e. The first kappa shape index (κ1) is 22.8. The average molecular weight is 480 g/mol. The molecule has 35 heavy (non-hydrogen) atoms. The van der Waals surface area contributed by atoms with Crippen LogP contribution in [0.25, 0.3) is 33.9 Å². The molecular weight excluding hydrogens is 454 g/mol. The number of aryl methyl sites for hydroxylation is 1. The fourth-order valence-corrected chi connectivity index (χ4v) is 4.77. The Bertz CT molecular complexity index is 1530. The molecular formula is C29H25N3O2S. The molecule has 174 valence electrons. The molecule has 0 unspecified atom stereocenters. The third-order valence-electron chi connectivity index (χ3n) is 5.97. The highest BCUT2D eigenvalue weighted by atomic mass is 32.2. The van der Waals surface area contributed by atoms with Gasteiger partial charge in [-0.2, -0.15) is 0 Å². The van der Waals surface area contributed by atoms with Crippen molar-refractivity contribution in [3.8, 4) is 33.9 Å². The van der Waals surface area contributed by atoms with Gasteiger partial charge in [-0.15, -0.1) is 0 Å². The zero-order valence-corrected chi connectivity index (χ0v) is 19.9. The van der Waals surface area contributed by atoms with E-state index in [0.29, 0.717) is 13.0 Å². The number of primary sulfonamides is 1. The molecule has 0 saturated carbocycles. The van der Waals surface area contributed by atoms with Gasteiger partial charge in [-0.3, -0.25) is 0 Å². The molecule has 0 atom stereocenters. The van der Waals surface area contributed by atoms with Crippen LogP contribution in [0.3, 0.4) is 0 Å². The lowest BCUT2D eigenvalue weighted by Gasteiger charge is -2.14. The first-order valence-electron chi connectivity index (χ1n) is 11.4. The lowest BCUT2D eigenvalue weighted by atomic mass is 10.0. The van der Waals surface area contributed by atoms with Gasteiger partial charge in [0.1, 0.15) is 5.82 Å². The highest BCUT2D eigenvalue weighted by Gasteiger charge is 2.21. The standard InChI is InChI=1S/C29H25N3O2S/c30-35(33,34)26-18-16-22(17-19-26)20-21-32-28(24-12-6-2-7-13-24)27(23-10-4-1-5-11-23)31-29(32)25-14-8-3-9-15-25/h1-19H,20-21H2,(H2,30,33,34). The van der Waals surface area contributed by atoms with E-state index in [0.717, 1.165) is 39.5 Å². The molecule has 0 amide bonds. The summed E-state index contributed by atoms with van der Waals surface area (Å²) in [7, 11) is -3.71. The number of benzene rings is 4. The second kappa shape index (κ2) is 9.70. The molecule has 0 spiro atoms. The van der Waals surface area contributed by atoms with Crippen molar-refractivity contribution in [2.45, 2.75) is 17.9 Å². The van der Waals surface area contributed by atoms with Crippen LogP contribution >= 0.6 is 0 Å². The quantitative estimate of drug-likeness (QED) is 0.322. The fourth-order valence-electron chi connectivity index (χ4n) is 4.25. The second-order valence-electron chi connectivity index (χ2n) is 8.32. The van der Waals surface area contributed by atoms with Crippen molar-refractivity contribution in [1.82, 2.24) is 9.55 Å². The van der Waals surface area contributed by atoms with Crippen molar-refractivity contribution in [2.24, 2.45) is 5.14 Å². The summed E-state index contributed by atoms with van der Waals surface area (Å²) in [5.74, 6) is 0.893. The van der Waals surface area contributed by atoms with E-state index < -0.39 is 10.0 Å². The maximum absolute atomic E-state index is 11.6. The molecule has 0 saturated heterocycles. The van der Waals surface area contributed by atoms with E-state index in [4.69, 9.17) is 10.1 Å². The highest BCUT2D eigenvalue weighted by molar-refractivity contribution is 7.89. The number of imidazole rings is 1. The zero-order chi connectivity index (χ0) is 24.3. The van der Waals surface area contributed by atoms with E-state index in [1.165, 1.54) is 0 Å². The molecule has 0 radical (unpaired) electrons. The molecule has 0 bridgehead atoms. The van der Waals surface area contributed by atoms with Crippen molar-refractivity contribution >= 4 is 10.0 Å². The van der Waals surface area contributed by atoms with E-state index >= 15 is 0 Å². The van der Waals surface area contributed by atoms with Crippen molar-refractivity contribution in [3.63, 3.8) is 0 Å². The number of sulfonamides is 1. The Morgan fingerprint density at radius 3 is 1.71 bits per heavy atom. The van der Waals surface area contributed by atoms with Gasteiger partial charge >= 0.3 is 0 Å². The predicted octanol–water partition coefficient (Wildman–Crippen LogP) is 5.77. The maximum atomic E-state index is 11.6. The molecule has 1 aromatic heterocycles. The Kier molecular flexibility index (Phi) is 6.31. The van der Waals surface area contributed by atoms with Gasteiger partial charge in [-0.1, -0.05) is 103 Å². The number of aromatic nitrogens is 2. The lowest BCUT2D eigenvalue weighted by Crippen LogP contribution is -2.12. The Balaban J connectivity index is 1.64. The monoisotopic (exact) mass is 479 g/mol. The van der Waals surface area contributed by atoms with Crippen molar-refractivity contribution in [2.75, 3.05) is 0 Å². The summed E-state index contributed by atoms with van der Waals surface area (Å²) in [6.45, 7) is 0.670. The van der Waals surface area contributed by atoms with Crippen molar-refractivity contribution in [3.05, 3.63) is 121 Å². The predicted molar refractivity (Wildman–Crippen MR) is 140 cm³/mol. The van der Waals surface area contributed by atoms with Gasteiger partial charge in [0.05, 0.1) is 16.3 Å². The van der Waals surface area contributed by atoms with Crippen molar-refractivity contribution < 1.29 is 8.42 Å². The molecule has 0 aliphatic rings. The molecule has 5 nitrogen and oxygen atoms in total. The minimum atomic E-state index is -3.71. The Morgan fingerprint density at radius 2 is 1.17 bits per heavy atom. The summed E-state index contributed by atoms with van der Waals surface area (Å²) in [5.41, 5.74) is 6.18. The number of hydrogen-bond acceptors (Lipinski definition) is 3. The molecule has 0 fully saturated rings. The molecule has 5 rings (SSSR count). The van der Waals surface area contributed by atoms with Crippen LogP contribution in [0.4, 0.5) is 0 Å². The summed E-state index contributed by atoms with van der Waals surface area (Å²) in [5, 5.41) is 5.26. The smallest absolute Gasteiger partial charge is 0.238 e. The first-order valence-corrected chi connectivity index (χ1v) is 12.9. The lowest BCUT2D eigenvalue weighted by molar-refractivity contribution is 0.597. The Labute approximate surface area is 205 Å². The largest absolute Gasteiger partial charge is 0.323 e. The van der Waals surface area contributed by atoms with Gasteiger partial charge in [0.25, 0.3) is 0 Å². The normalized spacial score (nSPS) is 11.5. The Hall–Kier alpha value is -4.00. The molecule has 4 aromatic carbocycles. The van der Waals surface area contributed by atoms with E-state index in [2.05, 4.69) is 41.0 Å². The summed E-state index contributed by atoms with van der Waals surface area (Å²) < 4.78 is 25.5. The van der Waals surface area contributed by atoms with E-state index in [1.54, 1.807) is 12.1 Å². The number of rotatable bonds is 7. The number of hydrogen-bond donors (Lipinski definition) is 1. The summed E-state index contributed by atoms with van der Waals surface area (Å²) in [6, 6.07) is 37.5. The molecule has 2 N–H and O–H groups in total. The topological polar surface area (TPSA) is 78.0 Å². The second-order valence-corrected chi connectivity index (χ2v) is 9.88. The molecule has 0 aliphatic heterocycles. The van der Waals surface area contributed by atoms with Gasteiger partial charge in [0, 0.05) is 23.2 Å². The highest BCUT2D eigenvalue weighted by Crippen LogP contribution is 2.36. The van der Waals surface area contributed by atoms with Crippen LogP contribution in [-0.4, -0.2) is 18.0 Å². The van der Waals surface area contributed by atoms with Gasteiger partial charge in [-0.05, 0) is 24.1 Å². The van der Waals surface area contributed by atoms with Crippen LogP contribution < -0.4 is 5.14 Å².